The number of rotatable bonds is 4. The van der Waals surface area contributed by atoms with Crippen LogP contribution < -0.4 is 0 Å². The van der Waals surface area contributed by atoms with Gasteiger partial charge in [0.1, 0.15) is 0 Å². The van der Waals surface area contributed by atoms with E-state index < -0.39 is 5.97 Å². The Hall–Kier alpha value is -0.610. The first kappa shape index (κ1) is 11.9. The summed E-state index contributed by atoms with van der Waals surface area (Å²) in [7, 11) is 2.14. The highest BCUT2D eigenvalue weighted by Gasteiger charge is 2.38. The topological polar surface area (TPSA) is 43.8 Å². The van der Waals surface area contributed by atoms with E-state index in [4.69, 9.17) is 5.11 Å². The predicted molar refractivity (Wildman–Crippen MR) is 62.5 cm³/mol. The zero-order chi connectivity index (χ0) is 11.7. The standard InChI is InChI=1S/C12H22N2O2/c1-9-7-14(10-3-4-10)11(8-13(9)2)5-6-12(15)16/h9-11H,3-8H2,1-2H3,(H,15,16). The molecule has 0 amide bonds. The van der Waals surface area contributed by atoms with Crippen molar-refractivity contribution >= 4 is 5.97 Å². The van der Waals surface area contributed by atoms with Crippen LogP contribution in [0.15, 0.2) is 0 Å². The van der Waals surface area contributed by atoms with Gasteiger partial charge in [-0.1, -0.05) is 0 Å². The number of carbonyl (C=O) groups is 1. The fourth-order valence-corrected chi connectivity index (χ4v) is 2.61. The maximum atomic E-state index is 10.6. The Morgan fingerprint density at radius 2 is 2.06 bits per heavy atom. The molecule has 1 saturated carbocycles. The molecule has 0 bridgehead atoms. The first-order valence-electron chi connectivity index (χ1n) is 6.25. The van der Waals surface area contributed by atoms with Crippen LogP contribution in [-0.4, -0.2) is 59.1 Å². The quantitative estimate of drug-likeness (QED) is 0.777. The smallest absolute Gasteiger partial charge is 0.303 e. The van der Waals surface area contributed by atoms with Crippen molar-refractivity contribution in [2.45, 2.75) is 50.7 Å². The molecule has 1 aliphatic heterocycles. The lowest BCUT2D eigenvalue weighted by Gasteiger charge is -2.44. The summed E-state index contributed by atoms with van der Waals surface area (Å²) in [6, 6.07) is 1.79. The van der Waals surface area contributed by atoms with Crippen molar-refractivity contribution in [3.8, 4) is 0 Å². The number of carboxylic acid groups (broad SMARTS) is 1. The number of aliphatic carboxylic acids is 1. The molecule has 92 valence electrons. The van der Waals surface area contributed by atoms with Crippen molar-refractivity contribution in [1.29, 1.82) is 0 Å². The summed E-state index contributed by atoms with van der Waals surface area (Å²) in [6.07, 6.45) is 3.71. The van der Waals surface area contributed by atoms with Gasteiger partial charge < -0.3 is 10.0 Å². The van der Waals surface area contributed by atoms with Gasteiger partial charge in [0.15, 0.2) is 0 Å². The highest BCUT2D eigenvalue weighted by molar-refractivity contribution is 5.66. The van der Waals surface area contributed by atoms with Gasteiger partial charge in [-0.15, -0.1) is 0 Å². The third-order valence-electron chi connectivity index (χ3n) is 3.90. The first-order valence-corrected chi connectivity index (χ1v) is 6.25. The van der Waals surface area contributed by atoms with Gasteiger partial charge in [0.05, 0.1) is 0 Å². The number of carboxylic acids is 1. The van der Waals surface area contributed by atoms with Gasteiger partial charge in [-0.3, -0.25) is 9.69 Å². The Bertz CT molecular complexity index is 266. The normalized spacial score (nSPS) is 32.9. The van der Waals surface area contributed by atoms with E-state index in [2.05, 4.69) is 23.8 Å². The fourth-order valence-electron chi connectivity index (χ4n) is 2.61. The molecule has 16 heavy (non-hydrogen) atoms. The van der Waals surface area contributed by atoms with Crippen LogP contribution in [0, 0.1) is 0 Å². The minimum Gasteiger partial charge on any atom is -0.481 e. The van der Waals surface area contributed by atoms with E-state index in [1.807, 2.05) is 0 Å². The van der Waals surface area contributed by atoms with Crippen LogP contribution >= 0.6 is 0 Å². The van der Waals surface area contributed by atoms with Crippen molar-refractivity contribution in [3.63, 3.8) is 0 Å². The summed E-state index contributed by atoms with van der Waals surface area (Å²) >= 11 is 0. The van der Waals surface area contributed by atoms with E-state index >= 15 is 0 Å². The Kier molecular flexibility index (Phi) is 3.50. The van der Waals surface area contributed by atoms with Crippen molar-refractivity contribution in [2.24, 2.45) is 0 Å². The van der Waals surface area contributed by atoms with Gasteiger partial charge in [0.25, 0.3) is 0 Å². The molecule has 2 atom stereocenters. The lowest BCUT2D eigenvalue weighted by Crippen LogP contribution is -2.56. The molecule has 2 unspecified atom stereocenters. The Morgan fingerprint density at radius 1 is 1.38 bits per heavy atom. The highest BCUT2D eigenvalue weighted by atomic mass is 16.4. The summed E-state index contributed by atoms with van der Waals surface area (Å²) < 4.78 is 0. The van der Waals surface area contributed by atoms with Crippen LogP contribution in [0.3, 0.4) is 0 Å². The average molecular weight is 226 g/mol. The van der Waals surface area contributed by atoms with Crippen molar-refractivity contribution in [2.75, 3.05) is 20.1 Å². The molecule has 1 aliphatic carbocycles. The molecule has 0 radical (unpaired) electrons. The Morgan fingerprint density at radius 3 is 2.62 bits per heavy atom. The molecule has 0 aromatic carbocycles. The van der Waals surface area contributed by atoms with E-state index in [1.165, 1.54) is 12.8 Å². The molecule has 1 heterocycles. The van der Waals surface area contributed by atoms with E-state index in [1.54, 1.807) is 0 Å². The van der Waals surface area contributed by atoms with Crippen LogP contribution in [-0.2, 0) is 4.79 Å². The van der Waals surface area contributed by atoms with Crippen LogP contribution in [0.4, 0.5) is 0 Å². The maximum Gasteiger partial charge on any atom is 0.303 e. The molecule has 4 heteroatoms. The predicted octanol–water partition coefficient (Wildman–Crippen LogP) is 1.02. The largest absolute Gasteiger partial charge is 0.481 e. The third-order valence-corrected chi connectivity index (χ3v) is 3.90. The van der Waals surface area contributed by atoms with E-state index in [-0.39, 0.29) is 0 Å². The van der Waals surface area contributed by atoms with Crippen molar-refractivity contribution < 1.29 is 9.90 Å². The Labute approximate surface area is 97.2 Å². The minimum absolute atomic E-state index is 0.302. The maximum absolute atomic E-state index is 10.6. The number of hydrogen-bond donors (Lipinski definition) is 1. The third kappa shape index (κ3) is 2.74. The monoisotopic (exact) mass is 226 g/mol. The molecular weight excluding hydrogens is 204 g/mol. The number of nitrogens with zero attached hydrogens (tertiary/aromatic N) is 2. The summed E-state index contributed by atoms with van der Waals surface area (Å²) in [5.74, 6) is -0.669. The molecule has 4 nitrogen and oxygen atoms in total. The first-order chi connectivity index (χ1) is 7.58. The van der Waals surface area contributed by atoms with Crippen LogP contribution in [0.5, 0.6) is 0 Å². The fraction of sp³-hybridized carbons (Fsp3) is 0.917. The summed E-state index contributed by atoms with van der Waals surface area (Å²) in [5.41, 5.74) is 0. The van der Waals surface area contributed by atoms with Gasteiger partial charge in [-0.25, -0.2) is 0 Å². The second kappa shape index (κ2) is 4.72. The number of likely N-dealkylation sites (N-methyl/N-ethyl adjacent to an activating group) is 1. The average Bonchev–Trinajstić information content (AvgIpc) is 3.02. The molecule has 2 rings (SSSR count). The lowest BCUT2D eigenvalue weighted by molar-refractivity contribution is -0.137. The second-order valence-electron chi connectivity index (χ2n) is 5.30. The number of piperazine rings is 1. The molecule has 2 aliphatic rings. The molecule has 0 aromatic heterocycles. The SMILES string of the molecule is CC1CN(C2CC2)C(CCC(=O)O)CN1C. The van der Waals surface area contributed by atoms with E-state index in [0.29, 0.717) is 18.5 Å². The minimum atomic E-state index is -0.669. The lowest BCUT2D eigenvalue weighted by atomic mass is 10.0. The Balaban J connectivity index is 1.93. The molecule has 1 saturated heterocycles. The highest BCUT2D eigenvalue weighted by Crippen LogP contribution is 2.32. The van der Waals surface area contributed by atoms with E-state index in [0.717, 1.165) is 25.6 Å². The molecular formula is C12H22N2O2. The van der Waals surface area contributed by atoms with Crippen LogP contribution in [0.2, 0.25) is 0 Å². The molecule has 0 aromatic rings. The molecule has 1 N–H and O–H groups in total. The second-order valence-corrected chi connectivity index (χ2v) is 5.30. The van der Waals surface area contributed by atoms with Crippen molar-refractivity contribution in [1.82, 2.24) is 9.80 Å². The van der Waals surface area contributed by atoms with Gasteiger partial charge in [0.2, 0.25) is 0 Å². The van der Waals surface area contributed by atoms with Gasteiger partial charge in [-0.2, -0.15) is 0 Å². The van der Waals surface area contributed by atoms with Crippen molar-refractivity contribution in [3.05, 3.63) is 0 Å². The summed E-state index contributed by atoms with van der Waals surface area (Å²) in [4.78, 5) is 15.5. The van der Waals surface area contributed by atoms with Gasteiger partial charge in [-0.05, 0) is 33.2 Å². The molecule has 2 fully saturated rings. The summed E-state index contributed by atoms with van der Waals surface area (Å²) in [6.45, 7) is 4.37. The van der Waals surface area contributed by atoms with Gasteiger partial charge in [0, 0.05) is 37.6 Å². The van der Waals surface area contributed by atoms with Crippen LogP contribution in [0.1, 0.15) is 32.6 Å². The number of hydrogen-bond acceptors (Lipinski definition) is 3. The molecule has 0 spiro atoms. The van der Waals surface area contributed by atoms with E-state index in [9.17, 15) is 4.79 Å². The van der Waals surface area contributed by atoms with Crippen LogP contribution in [0.25, 0.3) is 0 Å². The van der Waals surface area contributed by atoms with Gasteiger partial charge >= 0.3 is 5.97 Å². The zero-order valence-electron chi connectivity index (χ0n) is 10.2. The summed E-state index contributed by atoms with van der Waals surface area (Å²) in [5, 5.41) is 8.77. The zero-order valence-corrected chi connectivity index (χ0v) is 10.2.